The maximum atomic E-state index is 4.08. The van der Waals surface area contributed by atoms with E-state index < -0.39 is 0 Å². The molecule has 110 valence electrons. The van der Waals surface area contributed by atoms with Crippen molar-refractivity contribution < 1.29 is 0 Å². The minimum atomic E-state index is 0.705. The average molecular weight is 274 g/mol. The Hall–Kier alpha value is -0.870. The molecule has 0 aromatic carbocycles. The molecule has 0 unspecified atom stereocenters. The largest absolute Gasteiger partial charge is 0.302 e. The molecule has 1 N–H and O–H groups in total. The third kappa shape index (κ3) is 2.51. The first-order valence-electron chi connectivity index (χ1n) is 8.34. The first-order valence-corrected chi connectivity index (χ1v) is 8.34. The second-order valence-electron chi connectivity index (χ2n) is 6.96. The lowest BCUT2D eigenvalue weighted by Crippen LogP contribution is -2.41. The number of nitrogens with zero attached hydrogens (tertiary/aromatic N) is 3. The molecule has 0 radical (unpaired) electrons. The second kappa shape index (κ2) is 5.49. The van der Waals surface area contributed by atoms with Gasteiger partial charge in [0.25, 0.3) is 0 Å². The van der Waals surface area contributed by atoms with Crippen LogP contribution in [0.15, 0.2) is 12.3 Å². The molecule has 3 aliphatic rings. The Labute approximate surface area is 121 Å². The normalized spacial score (nSPS) is 32.2. The van der Waals surface area contributed by atoms with Gasteiger partial charge in [0.1, 0.15) is 0 Å². The monoisotopic (exact) mass is 274 g/mol. The van der Waals surface area contributed by atoms with Gasteiger partial charge < -0.3 is 4.90 Å². The van der Waals surface area contributed by atoms with E-state index in [2.05, 4.69) is 26.1 Å². The van der Waals surface area contributed by atoms with Crippen molar-refractivity contribution in [3.8, 4) is 0 Å². The molecule has 4 heteroatoms. The predicted octanol–water partition coefficient (Wildman–Crippen LogP) is 2.07. The lowest BCUT2D eigenvalue weighted by Gasteiger charge is -2.34. The van der Waals surface area contributed by atoms with Crippen LogP contribution in [0, 0.1) is 5.92 Å². The van der Waals surface area contributed by atoms with Gasteiger partial charge in [0.15, 0.2) is 0 Å². The fourth-order valence-corrected chi connectivity index (χ4v) is 4.53. The molecule has 4 rings (SSSR count). The van der Waals surface area contributed by atoms with Crippen LogP contribution < -0.4 is 0 Å². The summed E-state index contributed by atoms with van der Waals surface area (Å²) in [6, 6.07) is 3.07. The molecule has 2 atom stereocenters. The Morgan fingerprint density at radius 1 is 1.15 bits per heavy atom. The fraction of sp³-hybridized carbons (Fsp3) is 0.812. The van der Waals surface area contributed by atoms with Gasteiger partial charge in [0, 0.05) is 43.5 Å². The summed E-state index contributed by atoms with van der Waals surface area (Å²) >= 11 is 0. The van der Waals surface area contributed by atoms with Gasteiger partial charge in [-0.25, -0.2) is 0 Å². The maximum Gasteiger partial charge on any atom is 0.0490 e. The first-order chi connectivity index (χ1) is 9.88. The number of piperidine rings is 2. The molecule has 2 saturated heterocycles. The zero-order valence-electron chi connectivity index (χ0n) is 12.3. The van der Waals surface area contributed by atoms with Crippen LogP contribution in [0.25, 0.3) is 0 Å². The lowest BCUT2D eigenvalue weighted by molar-refractivity contribution is 0.151. The van der Waals surface area contributed by atoms with Gasteiger partial charge in [-0.1, -0.05) is 0 Å². The number of nitrogens with one attached hydrogen (secondary N) is 1. The summed E-state index contributed by atoms with van der Waals surface area (Å²) in [6.45, 7) is 6.47. The Morgan fingerprint density at radius 3 is 2.70 bits per heavy atom. The van der Waals surface area contributed by atoms with Crippen molar-refractivity contribution in [1.29, 1.82) is 0 Å². The van der Waals surface area contributed by atoms with Crippen LogP contribution in [0.2, 0.25) is 0 Å². The highest BCUT2D eigenvalue weighted by Gasteiger charge is 2.37. The Morgan fingerprint density at radius 2 is 2.05 bits per heavy atom. The molecule has 3 fully saturated rings. The number of H-pyrrole nitrogens is 1. The smallest absolute Gasteiger partial charge is 0.0490 e. The minimum absolute atomic E-state index is 0.705. The van der Waals surface area contributed by atoms with Gasteiger partial charge in [-0.3, -0.25) is 10.00 Å². The Kier molecular flexibility index (Phi) is 3.52. The molecule has 20 heavy (non-hydrogen) atoms. The third-order valence-electron chi connectivity index (χ3n) is 5.78. The van der Waals surface area contributed by atoms with Crippen molar-refractivity contribution >= 4 is 0 Å². The van der Waals surface area contributed by atoms with E-state index in [-0.39, 0.29) is 0 Å². The molecular weight excluding hydrogens is 248 g/mol. The van der Waals surface area contributed by atoms with E-state index in [4.69, 9.17) is 0 Å². The van der Waals surface area contributed by atoms with Crippen LogP contribution in [-0.4, -0.2) is 58.8 Å². The topological polar surface area (TPSA) is 35.2 Å². The number of rotatable bonds is 4. The number of fused-ring (bicyclic) bond motifs is 2. The molecule has 3 heterocycles. The molecule has 1 saturated carbocycles. The molecule has 1 aromatic rings. The lowest BCUT2D eigenvalue weighted by atomic mass is 9.94. The molecule has 1 aromatic heterocycles. The molecule has 0 spiro atoms. The molecule has 2 bridgehead atoms. The van der Waals surface area contributed by atoms with E-state index in [9.17, 15) is 0 Å². The highest BCUT2D eigenvalue weighted by Crippen LogP contribution is 2.37. The minimum Gasteiger partial charge on any atom is -0.302 e. The van der Waals surface area contributed by atoms with Gasteiger partial charge in [-0.05, 0) is 57.2 Å². The molecular formula is C16H26N4. The Balaban J connectivity index is 1.22. The van der Waals surface area contributed by atoms with Gasteiger partial charge >= 0.3 is 0 Å². The average Bonchev–Trinajstić information content (AvgIpc) is 3.22. The summed E-state index contributed by atoms with van der Waals surface area (Å²) in [5, 5.41) is 7.22. The quantitative estimate of drug-likeness (QED) is 0.913. The maximum absolute atomic E-state index is 4.08. The van der Waals surface area contributed by atoms with Crippen LogP contribution in [0.1, 0.15) is 43.7 Å². The summed E-state index contributed by atoms with van der Waals surface area (Å²) in [5.41, 5.74) is 1.33. The molecule has 0 amide bonds. The highest BCUT2D eigenvalue weighted by molar-refractivity contribution is 5.06. The number of hydrogen-bond donors (Lipinski definition) is 1. The predicted molar refractivity (Wildman–Crippen MR) is 79.7 cm³/mol. The zero-order valence-corrected chi connectivity index (χ0v) is 12.3. The van der Waals surface area contributed by atoms with Crippen molar-refractivity contribution in [2.45, 2.75) is 44.1 Å². The third-order valence-corrected chi connectivity index (χ3v) is 5.78. The van der Waals surface area contributed by atoms with Gasteiger partial charge in [-0.15, -0.1) is 0 Å². The SMILES string of the molecule is c1cc(C2CCN(CCN3C[C@H]4CC[C@@H]3C4)CC2)[nH]n1. The van der Waals surface area contributed by atoms with E-state index in [1.807, 2.05) is 6.20 Å². The van der Waals surface area contributed by atoms with Crippen LogP contribution in [0.3, 0.4) is 0 Å². The summed E-state index contributed by atoms with van der Waals surface area (Å²) in [4.78, 5) is 5.42. The van der Waals surface area contributed by atoms with E-state index in [1.54, 1.807) is 0 Å². The van der Waals surface area contributed by atoms with E-state index in [1.165, 1.54) is 70.5 Å². The number of aromatic nitrogens is 2. The molecule has 2 aliphatic heterocycles. The van der Waals surface area contributed by atoms with E-state index in [0.29, 0.717) is 5.92 Å². The van der Waals surface area contributed by atoms with Crippen LogP contribution in [0.5, 0.6) is 0 Å². The van der Waals surface area contributed by atoms with Crippen molar-refractivity contribution in [1.82, 2.24) is 20.0 Å². The first kappa shape index (κ1) is 12.8. The standard InChI is InChI=1S/C16H26N4/c1-2-15-11-13(1)12-20(15)10-9-19-7-4-14(5-8-19)16-3-6-17-18-16/h3,6,13-15H,1-2,4-5,7-12H2,(H,17,18)/t13-,15+/m0/s1. The van der Waals surface area contributed by atoms with Gasteiger partial charge in [0.2, 0.25) is 0 Å². The van der Waals surface area contributed by atoms with Crippen LogP contribution in [-0.2, 0) is 0 Å². The van der Waals surface area contributed by atoms with Crippen molar-refractivity contribution in [2.24, 2.45) is 5.92 Å². The zero-order chi connectivity index (χ0) is 13.4. The van der Waals surface area contributed by atoms with Crippen molar-refractivity contribution in [3.05, 3.63) is 18.0 Å². The number of hydrogen-bond acceptors (Lipinski definition) is 3. The van der Waals surface area contributed by atoms with Crippen molar-refractivity contribution in [3.63, 3.8) is 0 Å². The van der Waals surface area contributed by atoms with Gasteiger partial charge in [-0.2, -0.15) is 5.10 Å². The summed E-state index contributed by atoms with van der Waals surface area (Å²) in [6.07, 6.45) is 8.90. The summed E-state index contributed by atoms with van der Waals surface area (Å²) < 4.78 is 0. The fourth-order valence-electron chi connectivity index (χ4n) is 4.53. The molecule has 1 aliphatic carbocycles. The van der Waals surface area contributed by atoms with Crippen LogP contribution in [0.4, 0.5) is 0 Å². The van der Waals surface area contributed by atoms with E-state index >= 15 is 0 Å². The second-order valence-corrected chi connectivity index (χ2v) is 6.96. The highest BCUT2D eigenvalue weighted by atomic mass is 15.2. The summed E-state index contributed by atoms with van der Waals surface area (Å²) in [5.74, 6) is 1.74. The van der Waals surface area contributed by atoms with Crippen molar-refractivity contribution in [2.75, 3.05) is 32.7 Å². The van der Waals surface area contributed by atoms with Gasteiger partial charge in [0.05, 0.1) is 0 Å². The molecule has 4 nitrogen and oxygen atoms in total. The summed E-state index contributed by atoms with van der Waals surface area (Å²) in [7, 11) is 0. The van der Waals surface area contributed by atoms with E-state index in [0.717, 1.165) is 12.0 Å². The number of aromatic amines is 1. The van der Waals surface area contributed by atoms with Crippen LogP contribution >= 0.6 is 0 Å². The Bertz CT molecular complexity index is 422. The number of likely N-dealkylation sites (tertiary alicyclic amines) is 2.